The number of hydrogen-bond donors (Lipinski definition) is 0. The summed E-state index contributed by atoms with van der Waals surface area (Å²) in [7, 11) is 0. The summed E-state index contributed by atoms with van der Waals surface area (Å²) >= 11 is 0. The lowest BCUT2D eigenvalue weighted by atomic mass is 9.90. The van der Waals surface area contributed by atoms with Crippen LogP contribution in [0, 0.1) is 24.2 Å². The first kappa shape index (κ1) is 13.8. The minimum atomic E-state index is 0.198. The van der Waals surface area contributed by atoms with E-state index in [1.165, 1.54) is 0 Å². The first-order valence-corrected chi connectivity index (χ1v) is 6.78. The van der Waals surface area contributed by atoms with Crippen LogP contribution < -0.4 is 0 Å². The molecule has 19 heavy (non-hydrogen) atoms. The zero-order valence-electron chi connectivity index (χ0n) is 11.3. The van der Waals surface area contributed by atoms with E-state index in [9.17, 15) is 4.79 Å². The Bertz CT molecular complexity index is 496. The van der Waals surface area contributed by atoms with Gasteiger partial charge in [0.05, 0.1) is 12.5 Å². The quantitative estimate of drug-likeness (QED) is 0.779. The molecule has 0 radical (unpaired) electrons. The lowest BCUT2D eigenvalue weighted by Gasteiger charge is -2.21. The third-order valence-corrected chi connectivity index (χ3v) is 3.70. The van der Waals surface area contributed by atoms with Crippen LogP contribution in [-0.2, 0) is 11.2 Å². The number of carbonyl (C=O) groups excluding carboxylic acids is 1. The molecule has 0 amide bonds. The third-order valence-electron chi connectivity index (χ3n) is 3.70. The summed E-state index contributed by atoms with van der Waals surface area (Å²) in [6.45, 7) is 3.49. The van der Waals surface area contributed by atoms with Crippen molar-refractivity contribution in [3.63, 3.8) is 0 Å². The molecule has 1 aromatic rings. The van der Waals surface area contributed by atoms with Gasteiger partial charge in [-0.15, -0.1) is 0 Å². The molecule has 1 aromatic carbocycles. The molecule has 3 heteroatoms. The molecule has 3 nitrogen and oxygen atoms in total. The van der Waals surface area contributed by atoms with Crippen LogP contribution in [-0.4, -0.2) is 19.0 Å². The molecule has 1 fully saturated rings. The highest BCUT2D eigenvalue weighted by molar-refractivity contribution is 5.97. The van der Waals surface area contributed by atoms with Crippen molar-refractivity contribution >= 4 is 5.78 Å². The number of carbonyl (C=O) groups is 1. The van der Waals surface area contributed by atoms with E-state index < -0.39 is 0 Å². The number of Topliss-reactive ketones (excluding diaryl/α,β-unsaturated/α-hetero) is 1. The van der Waals surface area contributed by atoms with E-state index >= 15 is 0 Å². The summed E-state index contributed by atoms with van der Waals surface area (Å²) in [5, 5.41) is 8.73. The average Bonchev–Trinajstić information content (AvgIpc) is 2.42. The first-order valence-electron chi connectivity index (χ1n) is 6.78. The zero-order valence-corrected chi connectivity index (χ0v) is 11.3. The van der Waals surface area contributed by atoms with Crippen LogP contribution in [0.3, 0.4) is 0 Å². The SMILES string of the molecule is Cc1ccc(CC#N)cc1C(=O)CC1CCOCC1. The van der Waals surface area contributed by atoms with Crippen molar-refractivity contribution in [2.24, 2.45) is 5.92 Å². The number of aryl methyl sites for hydroxylation is 1. The van der Waals surface area contributed by atoms with Gasteiger partial charge in [-0.05, 0) is 42.9 Å². The summed E-state index contributed by atoms with van der Waals surface area (Å²) in [6, 6.07) is 7.85. The van der Waals surface area contributed by atoms with E-state index in [1.807, 2.05) is 25.1 Å². The highest BCUT2D eigenvalue weighted by Gasteiger charge is 2.19. The van der Waals surface area contributed by atoms with Crippen LogP contribution >= 0.6 is 0 Å². The second-order valence-corrected chi connectivity index (χ2v) is 5.17. The topological polar surface area (TPSA) is 50.1 Å². The fourth-order valence-electron chi connectivity index (χ4n) is 2.49. The number of ketones is 1. The van der Waals surface area contributed by atoms with Gasteiger partial charge in [0.2, 0.25) is 0 Å². The molecule has 1 aliphatic rings. The van der Waals surface area contributed by atoms with Gasteiger partial charge in [-0.25, -0.2) is 0 Å². The molecule has 0 saturated carbocycles. The van der Waals surface area contributed by atoms with Gasteiger partial charge in [-0.1, -0.05) is 12.1 Å². The van der Waals surface area contributed by atoms with E-state index in [4.69, 9.17) is 10.00 Å². The Morgan fingerprint density at radius 1 is 1.42 bits per heavy atom. The van der Waals surface area contributed by atoms with Crippen molar-refractivity contribution in [2.75, 3.05) is 13.2 Å². The van der Waals surface area contributed by atoms with Gasteiger partial charge in [0.1, 0.15) is 0 Å². The van der Waals surface area contributed by atoms with Gasteiger partial charge in [-0.2, -0.15) is 5.26 Å². The van der Waals surface area contributed by atoms with E-state index in [2.05, 4.69) is 6.07 Å². The molecule has 2 rings (SSSR count). The van der Waals surface area contributed by atoms with Crippen molar-refractivity contribution in [2.45, 2.75) is 32.6 Å². The molecule has 0 atom stereocenters. The normalized spacial score (nSPS) is 16.0. The first-order chi connectivity index (χ1) is 9.20. The Kier molecular flexibility index (Phi) is 4.70. The van der Waals surface area contributed by atoms with Crippen molar-refractivity contribution < 1.29 is 9.53 Å². The molecular weight excluding hydrogens is 238 g/mol. The largest absolute Gasteiger partial charge is 0.381 e. The fraction of sp³-hybridized carbons (Fsp3) is 0.500. The van der Waals surface area contributed by atoms with Crippen molar-refractivity contribution in [3.8, 4) is 6.07 Å². The Hall–Kier alpha value is -1.66. The maximum absolute atomic E-state index is 12.4. The second-order valence-electron chi connectivity index (χ2n) is 5.17. The van der Waals surface area contributed by atoms with Crippen LogP contribution in [0.25, 0.3) is 0 Å². The maximum Gasteiger partial charge on any atom is 0.163 e. The molecule has 1 aliphatic heterocycles. The van der Waals surface area contributed by atoms with Gasteiger partial charge in [0.25, 0.3) is 0 Å². The summed E-state index contributed by atoms with van der Waals surface area (Å²) < 4.78 is 5.31. The summed E-state index contributed by atoms with van der Waals surface area (Å²) in [5.41, 5.74) is 2.70. The molecule has 1 saturated heterocycles. The number of nitrogens with zero attached hydrogens (tertiary/aromatic N) is 1. The molecule has 0 unspecified atom stereocenters. The molecule has 0 N–H and O–H groups in total. The Labute approximate surface area is 114 Å². The summed E-state index contributed by atoms with van der Waals surface area (Å²) in [4.78, 5) is 12.4. The van der Waals surface area contributed by atoms with Crippen LogP contribution in [0.4, 0.5) is 0 Å². The number of hydrogen-bond acceptors (Lipinski definition) is 3. The zero-order chi connectivity index (χ0) is 13.7. The average molecular weight is 257 g/mol. The minimum absolute atomic E-state index is 0.198. The molecule has 0 bridgehead atoms. The van der Waals surface area contributed by atoms with Gasteiger partial charge < -0.3 is 4.74 Å². The minimum Gasteiger partial charge on any atom is -0.381 e. The predicted molar refractivity (Wildman–Crippen MR) is 73.0 cm³/mol. The summed E-state index contributed by atoms with van der Waals surface area (Å²) in [6.07, 6.45) is 2.91. The van der Waals surface area contributed by atoms with E-state index in [-0.39, 0.29) is 5.78 Å². The summed E-state index contributed by atoms with van der Waals surface area (Å²) in [5.74, 6) is 0.643. The highest BCUT2D eigenvalue weighted by atomic mass is 16.5. The number of rotatable bonds is 4. The van der Waals surface area contributed by atoms with Crippen LogP contribution in [0.1, 0.15) is 40.7 Å². The smallest absolute Gasteiger partial charge is 0.163 e. The molecule has 0 aromatic heterocycles. The van der Waals surface area contributed by atoms with Crippen LogP contribution in [0.5, 0.6) is 0 Å². The van der Waals surface area contributed by atoms with Crippen LogP contribution in [0.2, 0.25) is 0 Å². The standard InChI is InChI=1S/C16H19NO2/c1-12-2-3-13(4-7-17)10-15(12)16(18)11-14-5-8-19-9-6-14/h2-3,10,14H,4-6,8-9,11H2,1H3. The highest BCUT2D eigenvalue weighted by Crippen LogP contribution is 2.22. The van der Waals surface area contributed by atoms with Gasteiger partial charge in [-0.3, -0.25) is 4.79 Å². The predicted octanol–water partition coefficient (Wildman–Crippen LogP) is 3.06. The Morgan fingerprint density at radius 3 is 2.84 bits per heavy atom. The lowest BCUT2D eigenvalue weighted by molar-refractivity contribution is 0.0601. The van der Waals surface area contributed by atoms with E-state index in [0.717, 1.165) is 42.7 Å². The number of ether oxygens (including phenoxy) is 1. The maximum atomic E-state index is 12.4. The van der Waals surface area contributed by atoms with E-state index in [1.54, 1.807) is 0 Å². The fourth-order valence-corrected chi connectivity index (χ4v) is 2.49. The Morgan fingerprint density at radius 2 is 2.16 bits per heavy atom. The molecule has 0 spiro atoms. The third kappa shape index (κ3) is 3.65. The van der Waals surface area contributed by atoms with E-state index in [0.29, 0.717) is 18.8 Å². The van der Waals surface area contributed by atoms with Crippen molar-refractivity contribution in [1.82, 2.24) is 0 Å². The monoisotopic (exact) mass is 257 g/mol. The number of benzene rings is 1. The molecular formula is C16H19NO2. The van der Waals surface area contributed by atoms with Crippen LogP contribution in [0.15, 0.2) is 18.2 Å². The van der Waals surface area contributed by atoms with Gasteiger partial charge >= 0.3 is 0 Å². The van der Waals surface area contributed by atoms with Gasteiger partial charge in [0.15, 0.2) is 5.78 Å². The van der Waals surface area contributed by atoms with Crippen molar-refractivity contribution in [1.29, 1.82) is 5.26 Å². The number of nitriles is 1. The molecule has 1 heterocycles. The lowest BCUT2D eigenvalue weighted by Crippen LogP contribution is -2.19. The molecule has 100 valence electrons. The van der Waals surface area contributed by atoms with Crippen molar-refractivity contribution in [3.05, 3.63) is 34.9 Å². The van der Waals surface area contributed by atoms with Gasteiger partial charge in [0, 0.05) is 25.2 Å². The Balaban J connectivity index is 2.09. The second kappa shape index (κ2) is 6.49. The molecule has 0 aliphatic carbocycles.